The lowest BCUT2D eigenvalue weighted by molar-refractivity contribution is 0.0847. The van der Waals surface area contributed by atoms with Crippen molar-refractivity contribution in [3.63, 3.8) is 0 Å². The molecule has 2 aromatic rings. The van der Waals surface area contributed by atoms with Gasteiger partial charge in [0, 0.05) is 12.5 Å². The maximum absolute atomic E-state index is 12.0. The Balaban J connectivity index is 1.57. The van der Waals surface area contributed by atoms with Crippen molar-refractivity contribution in [3.05, 3.63) is 59.7 Å². The van der Waals surface area contributed by atoms with Gasteiger partial charge in [0.25, 0.3) is 0 Å². The van der Waals surface area contributed by atoms with Crippen LogP contribution in [0.3, 0.4) is 0 Å². The number of carbonyl (C=O) groups excluding carboxylic acids is 1. The molecule has 0 radical (unpaired) electrons. The van der Waals surface area contributed by atoms with Crippen molar-refractivity contribution in [3.8, 4) is 11.1 Å². The third-order valence-corrected chi connectivity index (χ3v) is 4.35. The van der Waals surface area contributed by atoms with E-state index in [1.165, 1.54) is 22.3 Å². The van der Waals surface area contributed by atoms with Crippen LogP contribution in [0.15, 0.2) is 48.5 Å². The van der Waals surface area contributed by atoms with Crippen LogP contribution in [-0.4, -0.2) is 37.5 Å². The predicted molar refractivity (Wildman–Crippen MR) is 82.6 cm³/mol. The fourth-order valence-corrected chi connectivity index (χ4v) is 3.24. The second-order valence-corrected chi connectivity index (χ2v) is 5.60. The summed E-state index contributed by atoms with van der Waals surface area (Å²) in [7, 11) is 0. The van der Waals surface area contributed by atoms with Gasteiger partial charge < -0.3 is 9.47 Å². The fraction of sp³-hybridized carbons (Fsp3) is 0.278. The van der Waals surface area contributed by atoms with Crippen molar-refractivity contribution in [1.29, 1.82) is 0 Å². The van der Waals surface area contributed by atoms with Crippen LogP contribution in [-0.2, 0) is 9.47 Å². The highest BCUT2D eigenvalue weighted by molar-refractivity contribution is 5.79. The third kappa shape index (κ3) is 2.16. The molecule has 1 fully saturated rings. The standard InChI is InChI=1S/C18H17NO3/c20-18(19-9-10-21-12-19)22-11-17-15-7-3-1-5-13(15)14-6-2-4-8-16(14)17/h1-8,17H,9-12H2. The number of nitrogens with zero attached hydrogens (tertiary/aromatic N) is 1. The Hall–Kier alpha value is -2.33. The number of amides is 1. The molecule has 1 aliphatic carbocycles. The number of ether oxygens (including phenoxy) is 2. The van der Waals surface area contributed by atoms with E-state index in [9.17, 15) is 4.79 Å². The zero-order valence-electron chi connectivity index (χ0n) is 12.2. The first-order valence-corrected chi connectivity index (χ1v) is 7.52. The normalized spacial score (nSPS) is 16.5. The van der Waals surface area contributed by atoms with Gasteiger partial charge in [0.05, 0.1) is 6.61 Å². The van der Waals surface area contributed by atoms with E-state index >= 15 is 0 Å². The molecule has 1 saturated heterocycles. The van der Waals surface area contributed by atoms with E-state index < -0.39 is 0 Å². The van der Waals surface area contributed by atoms with Crippen LogP contribution in [0.2, 0.25) is 0 Å². The average molecular weight is 295 g/mol. The van der Waals surface area contributed by atoms with E-state index in [1.807, 2.05) is 24.3 Å². The summed E-state index contributed by atoms with van der Waals surface area (Å²) >= 11 is 0. The zero-order valence-corrected chi connectivity index (χ0v) is 12.2. The maximum Gasteiger partial charge on any atom is 0.411 e. The highest BCUT2D eigenvalue weighted by atomic mass is 16.6. The Bertz CT molecular complexity index is 661. The molecule has 112 valence electrons. The molecule has 0 atom stereocenters. The summed E-state index contributed by atoms with van der Waals surface area (Å²) in [4.78, 5) is 13.6. The summed E-state index contributed by atoms with van der Waals surface area (Å²) in [5.41, 5.74) is 4.94. The Morgan fingerprint density at radius 1 is 1.09 bits per heavy atom. The SMILES string of the molecule is O=C(OCC1c2ccccc2-c2ccccc21)N1CCOC1. The number of fused-ring (bicyclic) bond motifs is 3. The van der Waals surface area contributed by atoms with Gasteiger partial charge >= 0.3 is 6.09 Å². The molecule has 0 aromatic heterocycles. The van der Waals surface area contributed by atoms with E-state index in [0.29, 0.717) is 26.5 Å². The van der Waals surface area contributed by atoms with Crippen molar-refractivity contribution in [2.24, 2.45) is 0 Å². The number of hydrogen-bond acceptors (Lipinski definition) is 3. The predicted octanol–water partition coefficient (Wildman–Crippen LogP) is 3.23. The summed E-state index contributed by atoms with van der Waals surface area (Å²) in [5, 5.41) is 0. The molecule has 0 unspecified atom stereocenters. The van der Waals surface area contributed by atoms with Gasteiger partial charge in [0.15, 0.2) is 0 Å². The van der Waals surface area contributed by atoms with Gasteiger partial charge in [-0.2, -0.15) is 0 Å². The summed E-state index contributed by atoms with van der Waals surface area (Å²) in [6, 6.07) is 16.7. The summed E-state index contributed by atoms with van der Waals surface area (Å²) < 4.78 is 10.7. The van der Waals surface area contributed by atoms with Crippen LogP contribution in [0, 0.1) is 0 Å². The Morgan fingerprint density at radius 2 is 1.73 bits per heavy atom. The molecule has 4 rings (SSSR count). The van der Waals surface area contributed by atoms with E-state index in [0.717, 1.165) is 0 Å². The minimum atomic E-state index is -0.292. The van der Waals surface area contributed by atoms with Crippen LogP contribution in [0.25, 0.3) is 11.1 Å². The Morgan fingerprint density at radius 3 is 2.32 bits per heavy atom. The molecule has 22 heavy (non-hydrogen) atoms. The molecule has 0 N–H and O–H groups in total. The minimum Gasteiger partial charge on any atom is -0.448 e. The van der Waals surface area contributed by atoms with Gasteiger partial charge in [-0.15, -0.1) is 0 Å². The quantitative estimate of drug-likeness (QED) is 0.854. The number of benzene rings is 2. The van der Waals surface area contributed by atoms with Crippen LogP contribution in [0.1, 0.15) is 17.0 Å². The second kappa shape index (κ2) is 5.46. The first-order valence-electron chi connectivity index (χ1n) is 7.52. The molecule has 1 amide bonds. The smallest absolute Gasteiger partial charge is 0.411 e. The Labute approximate surface area is 129 Å². The van der Waals surface area contributed by atoms with Crippen molar-refractivity contribution >= 4 is 6.09 Å². The van der Waals surface area contributed by atoms with E-state index in [2.05, 4.69) is 24.3 Å². The second-order valence-electron chi connectivity index (χ2n) is 5.60. The average Bonchev–Trinajstić information content (AvgIpc) is 3.20. The zero-order chi connectivity index (χ0) is 14.9. The van der Waals surface area contributed by atoms with Crippen LogP contribution in [0.5, 0.6) is 0 Å². The molecule has 2 aromatic carbocycles. The lowest BCUT2D eigenvalue weighted by Gasteiger charge is -2.17. The molecule has 1 aliphatic heterocycles. The lowest BCUT2D eigenvalue weighted by Crippen LogP contribution is -2.30. The van der Waals surface area contributed by atoms with Gasteiger partial charge in [-0.25, -0.2) is 4.79 Å². The van der Waals surface area contributed by atoms with Crippen molar-refractivity contribution in [2.75, 3.05) is 26.5 Å². The Kier molecular flexibility index (Phi) is 3.31. The summed E-state index contributed by atoms with van der Waals surface area (Å²) in [5.74, 6) is 0.111. The highest BCUT2D eigenvalue weighted by Crippen LogP contribution is 2.44. The monoisotopic (exact) mass is 295 g/mol. The molecule has 4 nitrogen and oxygen atoms in total. The first-order chi connectivity index (χ1) is 10.8. The van der Waals surface area contributed by atoms with Crippen molar-refractivity contribution < 1.29 is 14.3 Å². The van der Waals surface area contributed by atoms with Gasteiger partial charge in [-0.3, -0.25) is 4.90 Å². The molecule has 0 spiro atoms. The van der Waals surface area contributed by atoms with Gasteiger partial charge in [0.1, 0.15) is 13.3 Å². The fourth-order valence-electron chi connectivity index (χ4n) is 3.24. The van der Waals surface area contributed by atoms with Crippen LogP contribution in [0.4, 0.5) is 4.79 Å². The van der Waals surface area contributed by atoms with E-state index in [-0.39, 0.29) is 12.0 Å². The molecule has 2 aliphatic rings. The number of hydrogen-bond donors (Lipinski definition) is 0. The van der Waals surface area contributed by atoms with Crippen molar-refractivity contribution in [2.45, 2.75) is 5.92 Å². The topological polar surface area (TPSA) is 38.8 Å². The maximum atomic E-state index is 12.0. The summed E-state index contributed by atoms with van der Waals surface area (Å²) in [6.07, 6.45) is -0.292. The minimum absolute atomic E-state index is 0.111. The van der Waals surface area contributed by atoms with Gasteiger partial charge in [-0.05, 0) is 22.3 Å². The molecule has 4 heteroatoms. The van der Waals surface area contributed by atoms with Gasteiger partial charge in [-0.1, -0.05) is 48.5 Å². The third-order valence-electron chi connectivity index (χ3n) is 4.35. The molecular formula is C18H17NO3. The number of carbonyl (C=O) groups is 1. The lowest BCUT2D eigenvalue weighted by atomic mass is 9.98. The van der Waals surface area contributed by atoms with Crippen LogP contribution < -0.4 is 0 Å². The molecular weight excluding hydrogens is 278 g/mol. The van der Waals surface area contributed by atoms with E-state index in [1.54, 1.807) is 4.90 Å². The number of rotatable bonds is 2. The van der Waals surface area contributed by atoms with Crippen LogP contribution >= 0.6 is 0 Å². The van der Waals surface area contributed by atoms with Crippen molar-refractivity contribution in [1.82, 2.24) is 4.90 Å². The summed E-state index contributed by atoms with van der Waals surface area (Å²) in [6.45, 7) is 1.89. The van der Waals surface area contributed by atoms with E-state index in [4.69, 9.17) is 9.47 Å². The highest BCUT2D eigenvalue weighted by Gasteiger charge is 2.30. The molecule has 0 saturated carbocycles. The largest absolute Gasteiger partial charge is 0.448 e. The van der Waals surface area contributed by atoms with Gasteiger partial charge in [0.2, 0.25) is 0 Å². The molecule has 1 heterocycles. The first kappa shape index (κ1) is 13.3. The molecule has 0 bridgehead atoms.